The molecule has 0 unspecified atom stereocenters. The van der Waals surface area contributed by atoms with Gasteiger partial charge in [-0.2, -0.15) is 23.1 Å². The number of nitrogens with one attached hydrogen (secondary N) is 1. The highest BCUT2D eigenvalue weighted by molar-refractivity contribution is 5.71. The number of hydrogen-bond donors (Lipinski definition) is 1. The van der Waals surface area contributed by atoms with Crippen LogP contribution in [0.2, 0.25) is 0 Å². The molecule has 0 atom stereocenters. The Balaban J connectivity index is 2.05. The minimum atomic E-state index is -4.82. The summed E-state index contributed by atoms with van der Waals surface area (Å²) in [6.45, 7) is 0. The molecule has 23 heavy (non-hydrogen) atoms. The Morgan fingerprint density at radius 1 is 1.13 bits per heavy atom. The maximum absolute atomic E-state index is 14.0. The van der Waals surface area contributed by atoms with Gasteiger partial charge in [0.15, 0.2) is 11.6 Å². The van der Waals surface area contributed by atoms with Crippen LogP contribution in [0.3, 0.4) is 0 Å². The van der Waals surface area contributed by atoms with E-state index in [1.807, 2.05) is 0 Å². The second-order valence-corrected chi connectivity index (χ2v) is 4.28. The second kappa shape index (κ2) is 5.34. The predicted molar refractivity (Wildman–Crippen MR) is 68.6 cm³/mol. The Hall–Kier alpha value is -2.98. The number of fused-ring (bicyclic) bond motifs is 1. The van der Waals surface area contributed by atoms with Gasteiger partial charge in [-0.15, -0.1) is 0 Å². The molecule has 3 rings (SSSR count). The molecule has 0 aliphatic rings. The largest absolute Gasteiger partial charge is 0.478 e. The number of hydrogen-bond acceptors (Lipinski definition) is 7. The summed E-state index contributed by atoms with van der Waals surface area (Å²) in [5, 5.41) is 9.30. The average molecular weight is 329 g/mol. The smallest absolute Gasteiger partial charge is 0.419 e. The number of anilines is 2. The van der Waals surface area contributed by atoms with Gasteiger partial charge in [0.05, 0.1) is 18.4 Å². The monoisotopic (exact) mass is 329 g/mol. The van der Waals surface area contributed by atoms with Crippen molar-refractivity contribution in [1.29, 1.82) is 0 Å². The molecule has 0 saturated heterocycles. The van der Waals surface area contributed by atoms with Crippen molar-refractivity contribution in [3.05, 3.63) is 29.6 Å². The molecule has 1 N–H and O–H groups in total. The highest BCUT2D eigenvalue weighted by Gasteiger charge is 2.35. The van der Waals surface area contributed by atoms with Gasteiger partial charge >= 0.3 is 6.18 Å². The lowest BCUT2D eigenvalue weighted by Crippen LogP contribution is -2.10. The van der Waals surface area contributed by atoms with Gasteiger partial charge in [0, 0.05) is 0 Å². The summed E-state index contributed by atoms with van der Waals surface area (Å²) in [5.74, 6) is -1.71. The van der Waals surface area contributed by atoms with Crippen LogP contribution in [0, 0.1) is 5.82 Å². The molecule has 0 amide bonds. The molecule has 7 nitrogen and oxygen atoms in total. The van der Waals surface area contributed by atoms with E-state index >= 15 is 0 Å². The van der Waals surface area contributed by atoms with Crippen LogP contribution in [0.4, 0.5) is 29.1 Å². The lowest BCUT2D eigenvalue weighted by Gasteiger charge is -2.13. The van der Waals surface area contributed by atoms with Gasteiger partial charge in [0.1, 0.15) is 0 Å². The molecule has 0 radical (unpaired) electrons. The van der Waals surface area contributed by atoms with Gasteiger partial charge in [-0.25, -0.2) is 9.02 Å². The van der Waals surface area contributed by atoms with Crippen LogP contribution in [-0.2, 0) is 6.18 Å². The van der Waals surface area contributed by atoms with Crippen molar-refractivity contribution in [2.24, 2.45) is 0 Å². The summed E-state index contributed by atoms with van der Waals surface area (Å²) in [6.07, 6.45) is -4.82. The molecule has 0 saturated carbocycles. The van der Waals surface area contributed by atoms with Gasteiger partial charge in [-0.1, -0.05) is 6.07 Å². The molecule has 120 valence electrons. The van der Waals surface area contributed by atoms with Crippen molar-refractivity contribution in [3.8, 4) is 5.88 Å². The molecule has 2 aromatic heterocycles. The number of benzene rings is 1. The van der Waals surface area contributed by atoms with Crippen molar-refractivity contribution >= 4 is 22.8 Å². The lowest BCUT2D eigenvalue weighted by molar-refractivity contribution is -0.139. The fourth-order valence-electron chi connectivity index (χ4n) is 1.82. The average Bonchev–Trinajstić information content (AvgIpc) is 2.94. The van der Waals surface area contributed by atoms with Crippen molar-refractivity contribution in [3.63, 3.8) is 0 Å². The number of alkyl halides is 3. The van der Waals surface area contributed by atoms with Crippen molar-refractivity contribution < 1.29 is 26.9 Å². The van der Waals surface area contributed by atoms with Crippen molar-refractivity contribution in [2.75, 3.05) is 12.4 Å². The first-order valence-corrected chi connectivity index (χ1v) is 6.07. The Bertz CT molecular complexity index is 864. The first-order valence-electron chi connectivity index (χ1n) is 6.07. The number of halogens is 4. The number of methoxy groups -OCH3 is 1. The summed E-state index contributed by atoms with van der Waals surface area (Å²) in [4.78, 5) is 7.81. The van der Waals surface area contributed by atoms with E-state index in [0.717, 1.165) is 12.1 Å². The Morgan fingerprint density at radius 2 is 1.83 bits per heavy atom. The maximum atomic E-state index is 14.0. The SMILES string of the molecule is COc1nc2nonc2nc1Nc1cccc(C(F)(F)F)c1F. The number of rotatable bonds is 3. The molecular formula is C12H7F4N5O2. The zero-order valence-corrected chi connectivity index (χ0v) is 11.3. The first kappa shape index (κ1) is 14.9. The molecule has 0 aliphatic carbocycles. The lowest BCUT2D eigenvalue weighted by atomic mass is 10.1. The van der Waals surface area contributed by atoms with E-state index in [0.29, 0.717) is 6.07 Å². The normalized spacial score (nSPS) is 11.7. The third kappa shape index (κ3) is 2.72. The fraction of sp³-hybridized carbons (Fsp3) is 0.167. The molecule has 0 spiro atoms. The summed E-state index contributed by atoms with van der Waals surface area (Å²) < 4.78 is 61.6. The van der Waals surface area contributed by atoms with E-state index in [2.05, 4.69) is 30.2 Å². The van der Waals surface area contributed by atoms with E-state index in [1.165, 1.54) is 7.11 Å². The molecular weight excluding hydrogens is 322 g/mol. The number of ether oxygens (including phenoxy) is 1. The van der Waals surface area contributed by atoms with Crippen LogP contribution in [0.1, 0.15) is 5.56 Å². The van der Waals surface area contributed by atoms with E-state index in [1.54, 1.807) is 0 Å². The van der Waals surface area contributed by atoms with Crippen LogP contribution < -0.4 is 10.1 Å². The van der Waals surface area contributed by atoms with Crippen LogP contribution in [0.5, 0.6) is 5.88 Å². The minimum absolute atomic E-state index is 0.0133. The summed E-state index contributed by atoms with van der Waals surface area (Å²) >= 11 is 0. The van der Waals surface area contributed by atoms with Crippen LogP contribution in [-0.4, -0.2) is 27.4 Å². The predicted octanol–water partition coefficient (Wildman–Crippen LogP) is 2.92. The molecule has 0 bridgehead atoms. The third-order valence-corrected chi connectivity index (χ3v) is 2.83. The Labute approximate surface area is 125 Å². The van der Waals surface area contributed by atoms with Crippen LogP contribution >= 0.6 is 0 Å². The summed E-state index contributed by atoms with van der Waals surface area (Å²) in [7, 11) is 1.26. The van der Waals surface area contributed by atoms with Crippen molar-refractivity contribution in [2.45, 2.75) is 6.18 Å². The minimum Gasteiger partial charge on any atom is -0.478 e. The second-order valence-electron chi connectivity index (χ2n) is 4.28. The van der Waals surface area contributed by atoms with E-state index in [9.17, 15) is 17.6 Å². The molecule has 0 aliphatic heterocycles. The molecule has 0 fully saturated rings. The maximum Gasteiger partial charge on any atom is 0.419 e. The van der Waals surface area contributed by atoms with E-state index < -0.39 is 23.2 Å². The molecule has 2 heterocycles. The van der Waals surface area contributed by atoms with Crippen LogP contribution in [0.25, 0.3) is 11.3 Å². The number of nitrogens with zero attached hydrogens (tertiary/aromatic N) is 4. The zero-order valence-electron chi connectivity index (χ0n) is 11.3. The topological polar surface area (TPSA) is 86.0 Å². The quantitative estimate of drug-likeness (QED) is 0.739. The Kier molecular flexibility index (Phi) is 3.47. The molecule has 3 aromatic rings. The third-order valence-electron chi connectivity index (χ3n) is 2.83. The van der Waals surface area contributed by atoms with E-state index in [-0.39, 0.29) is 23.0 Å². The van der Waals surface area contributed by atoms with Gasteiger partial charge in [0.2, 0.25) is 11.3 Å². The fourth-order valence-corrected chi connectivity index (χ4v) is 1.82. The van der Waals surface area contributed by atoms with E-state index in [4.69, 9.17) is 4.74 Å². The zero-order chi connectivity index (χ0) is 16.6. The molecule has 1 aromatic carbocycles. The summed E-state index contributed by atoms with van der Waals surface area (Å²) in [5.41, 5.74) is -1.82. The highest BCUT2D eigenvalue weighted by atomic mass is 19.4. The van der Waals surface area contributed by atoms with Gasteiger partial charge in [0.25, 0.3) is 5.88 Å². The van der Waals surface area contributed by atoms with Crippen molar-refractivity contribution in [1.82, 2.24) is 20.3 Å². The van der Waals surface area contributed by atoms with Gasteiger partial charge in [-0.05, 0) is 22.4 Å². The molecule has 11 heteroatoms. The van der Waals surface area contributed by atoms with Gasteiger partial charge in [-0.3, -0.25) is 0 Å². The van der Waals surface area contributed by atoms with Gasteiger partial charge < -0.3 is 10.1 Å². The number of aromatic nitrogens is 4. The highest BCUT2D eigenvalue weighted by Crippen LogP contribution is 2.35. The standard InChI is InChI=1S/C12H7F4N5O2/c1-22-11-10(18-8-9(19-11)21-23-20-8)17-6-4-2-3-5(7(6)13)12(14,15)16/h2-4H,1H3,(H,17,18,20). The summed E-state index contributed by atoms with van der Waals surface area (Å²) in [6, 6.07) is 2.81. The van der Waals surface area contributed by atoms with Crippen LogP contribution in [0.15, 0.2) is 22.8 Å². The first-order chi connectivity index (χ1) is 10.9. The Morgan fingerprint density at radius 3 is 2.48 bits per heavy atom.